The number of hydrogen-bond acceptors (Lipinski definition) is 6. The first-order chi connectivity index (χ1) is 14.6. The van der Waals surface area contributed by atoms with E-state index in [1.165, 1.54) is 12.5 Å². The van der Waals surface area contributed by atoms with Crippen LogP contribution in [0.1, 0.15) is 21.6 Å². The molecule has 4 aromatic heterocycles. The number of hydrogen-bond donors (Lipinski definition) is 4. The number of halogens is 1. The number of nitrogens with one attached hydrogen (secondary N) is 3. The molecule has 1 aromatic carbocycles. The van der Waals surface area contributed by atoms with Gasteiger partial charge in [0, 0.05) is 22.3 Å². The second kappa shape index (κ2) is 7.16. The number of anilines is 1. The Morgan fingerprint density at radius 2 is 2.13 bits per heavy atom. The third-order valence-corrected chi connectivity index (χ3v) is 5.02. The Morgan fingerprint density at radius 3 is 2.97 bits per heavy atom. The largest absolute Gasteiger partial charge is 0.382 e. The van der Waals surface area contributed by atoms with Crippen LogP contribution in [0, 0.1) is 0 Å². The van der Waals surface area contributed by atoms with Gasteiger partial charge < -0.3 is 20.6 Å². The van der Waals surface area contributed by atoms with Crippen molar-refractivity contribution in [1.29, 1.82) is 0 Å². The number of rotatable bonds is 5. The highest BCUT2D eigenvalue weighted by molar-refractivity contribution is 6.31. The maximum atomic E-state index is 12.1. The molecule has 0 radical (unpaired) electrons. The molecule has 0 aliphatic heterocycles. The summed E-state index contributed by atoms with van der Waals surface area (Å²) in [5.74, 6) is 0.133. The Kier molecular flexibility index (Phi) is 4.32. The van der Waals surface area contributed by atoms with Crippen LogP contribution in [-0.2, 0) is 13.1 Å². The zero-order valence-electron chi connectivity index (χ0n) is 15.6. The third kappa shape index (κ3) is 3.22. The number of aromatic nitrogens is 7. The van der Waals surface area contributed by atoms with E-state index in [1.54, 1.807) is 12.5 Å². The van der Waals surface area contributed by atoms with E-state index in [1.807, 2.05) is 22.8 Å². The van der Waals surface area contributed by atoms with Crippen molar-refractivity contribution in [3.05, 3.63) is 65.1 Å². The molecule has 5 rings (SSSR count). The highest BCUT2D eigenvalue weighted by atomic mass is 35.5. The number of carbonyl (C=O) groups is 1. The second-order valence-electron chi connectivity index (χ2n) is 6.80. The summed E-state index contributed by atoms with van der Waals surface area (Å²) in [5, 5.41) is 10.8. The number of fused-ring (bicyclic) bond motifs is 2. The van der Waals surface area contributed by atoms with Crippen LogP contribution in [0.4, 0.5) is 5.82 Å². The lowest BCUT2D eigenvalue weighted by molar-refractivity contribution is 0.0950. The quantitative estimate of drug-likeness (QED) is 0.342. The number of nitrogen functional groups attached to an aromatic ring is 1. The average Bonchev–Trinajstić information content (AvgIpc) is 3.46. The molecule has 0 aliphatic carbocycles. The molecule has 0 fully saturated rings. The van der Waals surface area contributed by atoms with Crippen molar-refractivity contribution in [2.45, 2.75) is 13.1 Å². The van der Waals surface area contributed by atoms with E-state index in [4.69, 9.17) is 17.3 Å². The molecular weight excluding hydrogens is 406 g/mol. The van der Waals surface area contributed by atoms with Crippen molar-refractivity contribution in [2.75, 3.05) is 5.73 Å². The predicted octanol–water partition coefficient (Wildman–Crippen LogP) is 2.24. The van der Waals surface area contributed by atoms with Crippen LogP contribution in [0.2, 0.25) is 5.02 Å². The van der Waals surface area contributed by atoms with Crippen molar-refractivity contribution < 1.29 is 4.79 Å². The molecule has 30 heavy (non-hydrogen) atoms. The van der Waals surface area contributed by atoms with Crippen LogP contribution in [0.3, 0.4) is 0 Å². The molecule has 150 valence electrons. The van der Waals surface area contributed by atoms with Crippen molar-refractivity contribution in [3.63, 3.8) is 0 Å². The number of imidazole rings is 1. The summed E-state index contributed by atoms with van der Waals surface area (Å²) in [6.07, 6.45) is 6.12. The van der Waals surface area contributed by atoms with Crippen molar-refractivity contribution in [1.82, 2.24) is 40.0 Å². The van der Waals surface area contributed by atoms with Gasteiger partial charge in [-0.15, -0.1) is 0 Å². The van der Waals surface area contributed by atoms with E-state index in [2.05, 4.69) is 35.5 Å². The fraction of sp³-hybridized carbons (Fsp3) is 0.105. The van der Waals surface area contributed by atoms with E-state index in [0.29, 0.717) is 40.7 Å². The summed E-state index contributed by atoms with van der Waals surface area (Å²) < 4.78 is 1.89. The number of carbonyl (C=O) groups excluding carboxylic acids is 1. The number of nitrogens with zero attached hydrogens (tertiary/aromatic N) is 5. The molecule has 5 N–H and O–H groups in total. The number of amides is 1. The molecule has 0 atom stereocenters. The molecule has 0 unspecified atom stereocenters. The summed E-state index contributed by atoms with van der Waals surface area (Å²) in [7, 11) is 0. The number of nitrogens with two attached hydrogens (primary N) is 1. The predicted molar refractivity (Wildman–Crippen MR) is 112 cm³/mol. The normalized spacial score (nSPS) is 11.4. The maximum absolute atomic E-state index is 12.1. The summed E-state index contributed by atoms with van der Waals surface area (Å²) in [6, 6.07) is 5.74. The molecule has 0 saturated heterocycles. The van der Waals surface area contributed by atoms with Crippen LogP contribution in [0.5, 0.6) is 0 Å². The fourth-order valence-corrected chi connectivity index (χ4v) is 3.66. The molecule has 0 spiro atoms. The smallest absolute Gasteiger partial charge is 0.254 e. The van der Waals surface area contributed by atoms with Gasteiger partial charge in [0.25, 0.3) is 5.91 Å². The van der Waals surface area contributed by atoms with Crippen molar-refractivity contribution in [3.8, 4) is 0 Å². The summed E-state index contributed by atoms with van der Waals surface area (Å²) in [6.45, 7) is 0.832. The highest BCUT2D eigenvalue weighted by Gasteiger charge is 2.13. The zero-order chi connectivity index (χ0) is 20.7. The Hall–Kier alpha value is -3.92. The molecule has 10 nitrogen and oxygen atoms in total. The van der Waals surface area contributed by atoms with Gasteiger partial charge in [-0.25, -0.2) is 15.0 Å². The van der Waals surface area contributed by atoms with Gasteiger partial charge in [0.2, 0.25) is 0 Å². The lowest BCUT2D eigenvalue weighted by atomic mass is 10.1. The van der Waals surface area contributed by atoms with E-state index in [-0.39, 0.29) is 5.91 Å². The van der Waals surface area contributed by atoms with Crippen LogP contribution in [0.25, 0.3) is 22.1 Å². The third-order valence-electron chi connectivity index (χ3n) is 4.80. The van der Waals surface area contributed by atoms with Crippen molar-refractivity contribution >= 4 is 45.4 Å². The lowest BCUT2D eigenvalue weighted by Crippen LogP contribution is -2.22. The maximum Gasteiger partial charge on any atom is 0.254 e. The summed E-state index contributed by atoms with van der Waals surface area (Å²) in [5.41, 5.74) is 10.3. The monoisotopic (exact) mass is 421 g/mol. The number of H-pyrrole nitrogens is 2. The lowest BCUT2D eigenvalue weighted by Gasteiger charge is -2.07. The standard InChI is InChI=1S/C19H16ClN9O/c20-13-1-10-3-14(6-22-19(30)12-4-26-27-5-12)28-15(10)11(2-13)7-29-9-25-16-17(21)23-8-24-18(16)29/h1-5,8-9,28H,6-7H2,(H,22,30)(H,26,27)(H2,21,23,24). The van der Waals surface area contributed by atoms with Gasteiger partial charge in [-0.2, -0.15) is 5.10 Å². The minimum absolute atomic E-state index is 0.206. The van der Waals surface area contributed by atoms with Crippen molar-refractivity contribution in [2.24, 2.45) is 0 Å². The molecule has 5 aromatic rings. The van der Waals surface area contributed by atoms with Gasteiger partial charge in [0.05, 0.1) is 36.7 Å². The molecule has 4 heterocycles. The minimum Gasteiger partial charge on any atom is -0.382 e. The van der Waals surface area contributed by atoms with E-state index >= 15 is 0 Å². The SMILES string of the molecule is Nc1ncnc2c1ncn2Cc1cc(Cl)cc2cc(CNC(=O)c3cn[nH]c3)[nH]c12. The van der Waals surface area contributed by atoms with Gasteiger partial charge in [0.15, 0.2) is 11.5 Å². The molecular formula is C19H16ClN9O. The topological polar surface area (TPSA) is 143 Å². The molecule has 0 aliphatic rings. The van der Waals surface area contributed by atoms with E-state index in [0.717, 1.165) is 22.2 Å². The first-order valence-corrected chi connectivity index (χ1v) is 9.44. The van der Waals surface area contributed by atoms with Gasteiger partial charge >= 0.3 is 0 Å². The van der Waals surface area contributed by atoms with Gasteiger partial charge in [-0.3, -0.25) is 9.89 Å². The zero-order valence-corrected chi connectivity index (χ0v) is 16.3. The minimum atomic E-state index is -0.206. The Morgan fingerprint density at radius 1 is 1.23 bits per heavy atom. The first kappa shape index (κ1) is 18.1. The molecule has 11 heteroatoms. The highest BCUT2D eigenvalue weighted by Crippen LogP contribution is 2.26. The summed E-state index contributed by atoms with van der Waals surface area (Å²) in [4.78, 5) is 28.1. The Bertz CT molecular complexity index is 1370. The van der Waals surface area contributed by atoms with Gasteiger partial charge in [0.1, 0.15) is 11.8 Å². The van der Waals surface area contributed by atoms with Crippen LogP contribution in [0.15, 0.2) is 43.2 Å². The average molecular weight is 422 g/mol. The molecule has 0 saturated carbocycles. The number of aromatic amines is 2. The Labute approximate surface area is 174 Å². The second-order valence-corrected chi connectivity index (χ2v) is 7.23. The first-order valence-electron chi connectivity index (χ1n) is 9.07. The molecule has 0 bridgehead atoms. The van der Waals surface area contributed by atoms with Gasteiger partial charge in [-0.1, -0.05) is 11.6 Å². The van der Waals surface area contributed by atoms with Gasteiger partial charge in [-0.05, 0) is 23.8 Å². The fourth-order valence-electron chi connectivity index (χ4n) is 3.41. The van der Waals surface area contributed by atoms with Crippen LogP contribution >= 0.6 is 11.6 Å². The van der Waals surface area contributed by atoms with E-state index in [9.17, 15) is 4.79 Å². The molecule has 1 amide bonds. The van der Waals surface area contributed by atoms with E-state index < -0.39 is 0 Å². The Balaban J connectivity index is 1.45. The number of benzene rings is 1. The van der Waals surface area contributed by atoms with Crippen LogP contribution < -0.4 is 11.1 Å². The van der Waals surface area contributed by atoms with Crippen LogP contribution in [-0.4, -0.2) is 40.6 Å². The summed E-state index contributed by atoms with van der Waals surface area (Å²) >= 11 is 6.35.